The molecule has 1 fully saturated rings. The molecular formula is C21H25NO5. The van der Waals surface area contributed by atoms with Crippen molar-refractivity contribution in [3.05, 3.63) is 46.2 Å². The predicted octanol–water partition coefficient (Wildman–Crippen LogP) is 1.82. The van der Waals surface area contributed by atoms with Gasteiger partial charge in [0.1, 0.15) is 0 Å². The number of likely N-dealkylation sites (tertiary alicyclic amines) is 1. The van der Waals surface area contributed by atoms with E-state index >= 15 is 0 Å². The SMILES string of the molecule is COC1=CC23CCN(C)C(CCc4cc(OC)c(O)c(CO)c42)C3=CC1=O. The minimum atomic E-state index is -0.565. The van der Waals surface area contributed by atoms with Gasteiger partial charge in [-0.3, -0.25) is 9.69 Å². The average molecular weight is 371 g/mol. The van der Waals surface area contributed by atoms with Gasteiger partial charge >= 0.3 is 0 Å². The fourth-order valence-electron chi connectivity index (χ4n) is 5.07. The Morgan fingerprint density at radius 3 is 2.78 bits per heavy atom. The van der Waals surface area contributed by atoms with Crippen molar-refractivity contribution in [1.82, 2.24) is 4.90 Å². The van der Waals surface area contributed by atoms with Gasteiger partial charge in [-0.1, -0.05) is 0 Å². The molecule has 27 heavy (non-hydrogen) atoms. The molecular weight excluding hydrogens is 346 g/mol. The lowest BCUT2D eigenvalue weighted by Crippen LogP contribution is -2.50. The van der Waals surface area contributed by atoms with Crippen molar-refractivity contribution in [3.8, 4) is 11.5 Å². The maximum absolute atomic E-state index is 12.6. The van der Waals surface area contributed by atoms with Crippen molar-refractivity contribution >= 4 is 5.78 Å². The number of likely N-dealkylation sites (N-methyl/N-ethyl adjacent to an activating group) is 1. The summed E-state index contributed by atoms with van der Waals surface area (Å²) in [7, 11) is 5.09. The first-order valence-electron chi connectivity index (χ1n) is 9.23. The maximum Gasteiger partial charge on any atom is 0.220 e. The van der Waals surface area contributed by atoms with Crippen LogP contribution in [0.25, 0.3) is 0 Å². The largest absolute Gasteiger partial charge is 0.504 e. The molecule has 0 saturated carbocycles. The summed E-state index contributed by atoms with van der Waals surface area (Å²) in [6.07, 6.45) is 5.99. The highest BCUT2D eigenvalue weighted by atomic mass is 16.5. The molecule has 1 aromatic rings. The van der Waals surface area contributed by atoms with E-state index in [1.54, 1.807) is 6.08 Å². The molecule has 0 aromatic heterocycles. The Morgan fingerprint density at radius 2 is 2.11 bits per heavy atom. The Hall–Kier alpha value is -2.31. The molecule has 1 aliphatic heterocycles. The van der Waals surface area contributed by atoms with Crippen LogP contribution in [0.15, 0.2) is 29.6 Å². The molecule has 1 aromatic carbocycles. The van der Waals surface area contributed by atoms with Crippen LogP contribution in [-0.2, 0) is 28.0 Å². The van der Waals surface area contributed by atoms with Crippen LogP contribution in [-0.4, -0.2) is 54.8 Å². The van der Waals surface area contributed by atoms with E-state index in [9.17, 15) is 15.0 Å². The maximum atomic E-state index is 12.6. The number of nitrogens with zero attached hydrogens (tertiary/aromatic N) is 1. The van der Waals surface area contributed by atoms with Crippen LogP contribution in [0.2, 0.25) is 0 Å². The topological polar surface area (TPSA) is 79.2 Å². The summed E-state index contributed by atoms with van der Waals surface area (Å²) >= 11 is 0. The van der Waals surface area contributed by atoms with E-state index in [0.29, 0.717) is 17.1 Å². The van der Waals surface area contributed by atoms with Crippen LogP contribution in [0.4, 0.5) is 0 Å². The summed E-state index contributed by atoms with van der Waals surface area (Å²) in [6, 6.07) is 2.00. The fraction of sp³-hybridized carbons (Fsp3) is 0.476. The third kappa shape index (κ3) is 2.43. The van der Waals surface area contributed by atoms with E-state index in [1.165, 1.54) is 14.2 Å². The zero-order valence-electron chi connectivity index (χ0n) is 15.9. The molecule has 2 aliphatic carbocycles. The lowest BCUT2D eigenvalue weighted by Gasteiger charge is -2.47. The van der Waals surface area contributed by atoms with E-state index < -0.39 is 5.41 Å². The van der Waals surface area contributed by atoms with Crippen molar-refractivity contribution in [1.29, 1.82) is 0 Å². The van der Waals surface area contributed by atoms with Gasteiger partial charge in [-0.25, -0.2) is 0 Å². The Balaban J connectivity index is 2.07. The molecule has 144 valence electrons. The van der Waals surface area contributed by atoms with Crippen molar-refractivity contribution in [2.75, 3.05) is 27.8 Å². The Morgan fingerprint density at radius 1 is 1.33 bits per heavy atom. The van der Waals surface area contributed by atoms with Crippen LogP contribution in [0.5, 0.6) is 11.5 Å². The van der Waals surface area contributed by atoms with E-state index in [-0.39, 0.29) is 24.2 Å². The first-order valence-corrected chi connectivity index (χ1v) is 9.23. The molecule has 0 radical (unpaired) electrons. The van der Waals surface area contributed by atoms with E-state index in [1.807, 2.05) is 12.1 Å². The first kappa shape index (κ1) is 18.1. The number of ketones is 1. The molecule has 2 unspecified atom stereocenters. The second-order valence-electron chi connectivity index (χ2n) is 7.53. The smallest absolute Gasteiger partial charge is 0.220 e. The fourth-order valence-corrected chi connectivity index (χ4v) is 5.07. The van der Waals surface area contributed by atoms with E-state index in [4.69, 9.17) is 9.47 Å². The number of fused-ring (bicyclic) bond motifs is 1. The summed E-state index contributed by atoms with van der Waals surface area (Å²) in [6.45, 7) is 0.547. The normalized spacial score (nSPS) is 27.1. The predicted molar refractivity (Wildman–Crippen MR) is 99.8 cm³/mol. The molecule has 3 aliphatic rings. The molecule has 0 spiro atoms. The highest BCUT2D eigenvalue weighted by molar-refractivity contribution is 6.05. The molecule has 0 amide bonds. The highest BCUT2D eigenvalue weighted by Gasteiger charge is 2.50. The van der Waals surface area contributed by atoms with Gasteiger partial charge in [0, 0.05) is 17.0 Å². The van der Waals surface area contributed by atoms with Crippen LogP contribution >= 0.6 is 0 Å². The number of benzene rings is 1. The lowest BCUT2D eigenvalue weighted by atomic mass is 9.63. The monoisotopic (exact) mass is 371 g/mol. The van der Waals surface area contributed by atoms with Crippen LogP contribution < -0.4 is 4.74 Å². The van der Waals surface area contributed by atoms with Gasteiger partial charge < -0.3 is 19.7 Å². The minimum absolute atomic E-state index is 0.0332. The number of hydrogen-bond donors (Lipinski definition) is 2. The summed E-state index contributed by atoms with van der Waals surface area (Å²) in [5.74, 6) is 0.519. The molecule has 1 heterocycles. The van der Waals surface area contributed by atoms with Crippen molar-refractivity contribution in [2.45, 2.75) is 37.3 Å². The summed E-state index contributed by atoms with van der Waals surface area (Å²) in [4.78, 5) is 14.8. The van der Waals surface area contributed by atoms with Crippen LogP contribution in [0.3, 0.4) is 0 Å². The number of aliphatic hydroxyl groups excluding tert-OH is 1. The number of methoxy groups -OCH3 is 2. The van der Waals surface area contributed by atoms with E-state index in [0.717, 1.165) is 42.5 Å². The number of hydrogen-bond acceptors (Lipinski definition) is 6. The molecule has 1 saturated heterocycles. The standard InChI is InChI=1S/C21H25NO5/c1-22-7-6-21-10-18(27-3)16(24)9-14(21)15(22)5-4-12-8-17(26-2)20(25)13(11-23)19(12)21/h8-10,15,23,25H,4-7,11H2,1-3H3. The van der Waals surface area contributed by atoms with Gasteiger partial charge in [-0.2, -0.15) is 0 Å². The average Bonchev–Trinajstić information content (AvgIpc) is 2.76. The number of piperidine rings is 1. The first-order chi connectivity index (χ1) is 13.0. The Bertz CT molecular complexity index is 872. The van der Waals surface area contributed by atoms with Gasteiger partial charge in [-0.05, 0) is 67.8 Å². The van der Waals surface area contributed by atoms with E-state index in [2.05, 4.69) is 11.9 Å². The zero-order chi connectivity index (χ0) is 19.3. The van der Waals surface area contributed by atoms with Gasteiger partial charge in [0.15, 0.2) is 17.3 Å². The lowest BCUT2D eigenvalue weighted by molar-refractivity contribution is -0.114. The summed E-state index contributed by atoms with van der Waals surface area (Å²) in [5.41, 5.74) is 2.87. The Kier molecular flexibility index (Phi) is 4.28. The van der Waals surface area contributed by atoms with Crippen LogP contribution in [0, 0.1) is 0 Å². The number of rotatable bonds is 3. The molecule has 4 rings (SSSR count). The number of ether oxygens (including phenoxy) is 2. The van der Waals surface area contributed by atoms with Crippen molar-refractivity contribution in [2.24, 2.45) is 0 Å². The molecule has 2 bridgehead atoms. The number of carbonyl (C=O) groups is 1. The molecule has 2 N–H and O–H groups in total. The molecule has 6 nitrogen and oxygen atoms in total. The number of aliphatic hydroxyl groups is 1. The quantitative estimate of drug-likeness (QED) is 0.844. The second kappa shape index (κ2) is 6.39. The van der Waals surface area contributed by atoms with Gasteiger partial charge in [0.05, 0.1) is 20.8 Å². The van der Waals surface area contributed by atoms with Crippen molar-refractivity contribution in [3.63, 3.8) is 0 Å². The molecule has 2 atom stereocenters. The van der Waals surface area contributed by atoms with Gasteiger partial charge in [0.2, 0.25) is 5.78 Å². The number of aromatic hydroxyl groups is 1. The number of carbonyl (C=O) groups excluding carboxylic acids is 1. The Labute approximate surface area is 158 Å². The third-order valence-corrected chi connectivity index (χ3v) is 6.35. The second-order valence-corrected chi connectivity index (χ2v) is 7.53. The van der Waals surface area contributed by atoms with Gasteiger partial charge in [-0.15, -0.1) is 0 Å². The highest BCUT2D eigenvalue weighted by Crippen LogP contribution is 2.54. The van der Waals surface area contributed by atoms with Gasteiger partial charge in [0.25, 0.3) is 0 Å². The number of phenols is 1. The van der Waals surface area contributed by atoms with Crippen molar-refractivity contribution < 1.29 is 24.5 Å². The minimum Gasteiger partial charge on any atom is -0.504 e. The number of allylic oxidation sites excluding steroid dienone is 2. The van der Waals surface area contributed by atoms with Crippen LogP contribution in [0.1, 0.15) is 29.5 Å². The zero-order valence-corrected chi connectivity index (χ0v) is 15.9. The molecule has 6 heteroatoms. The number of aryl methyl sites for hydroxylation is 1. The summed E-state index contributed by atoms with van der Waals surface area (Å²) in [5, 5.41) is 20.8. The summed E-state index contributed by atoms with van der Waals surface area (Å²) < 4.78 is 10.7. The third-order valence-electron chi connectivity index (χ3n) is 6.35.